The molecule has 0 radical (unpaired) electrons. The van der Waals surface area contributed by atoms with Crippen molar-refractivity contribution in [1.82, 2.24) is 0 Å². The van der Waals surface area contributed by atoms with Crippen LogP contribution in [-0.2, 0) is 9.53 Å². The predicted molar refractivity (Wildman–Crippen MR) is 82.7 cm³/mol. The number of phenols is 1. The molecule has 2 aromatic carbocycles. The van der Waals surface area contributed by atoms with Crippen LogP contribution in [0.4, 0.5) is 5.69 Å². The number of hydrogen-bond donors (Lipinski definition) is 2. The maximum Gasteiger partial charge on any atom is 0.362 e. The number of cyclic esters (lactones) is 1. The van der Waals surface area contributed by atoms with Gasteiger partial charge < -0.3 is 14.9 Å². The molecule has 0 aliphatic carbocycles. The topological polar surface area (TPSA) is 96.2 Å². The van der Waals surface area contributed by atoms with Crippen LogP contribution in [0.2, 0.25) is 0 Å². The van der Waals surface area contributed by atoms with Crippen LogP contribution >= 0.6 is 0 Å². The van der Waals surface area contributed by atoms with E-state index in [1.165, 1.54) is 24.3 Å². The number of esters is 1. The second kappa shape index (κ2) is 5.76. The van der Waals surface area contributed by atoms with Crippen LogP contribution in [0.15, 0.2) is 59.6 Å². The molecule has 0 atom stereocenters. The van der Waals surface area contributed by atoms with Gasteiger partial charge in [-0.25, -0.2) is 14.6 Å². The molecule has 0 spiro atoms. The lowest BCUT2D eigenvalue weighted by molar-refractivity contribution is -0.128. The molecular weight excluding hydrogens is 298 g/mol. The van der Waals surface area contributed by atoms with Gasteiger partial charge in [0.05, 0.1) is 5.69 Å². The molecule has 3 rings (SSSR count). The van der Waals surface area contributed by atoms with Gasteiger partial charge in [-0.15, -0.1) is 0 Å². The van der Waals surface area contributed by atoms with Crippen LogP contribution in [0.5, 0.6) is 5.75 Å². The lowest BCUT2D eigenvalue weighted by Crippen LogP contribution is -2.06. The second-order valence-corrected chi connectivity index (χ2v) is 4.77. The Labute approximate surface area is 131 Å². The predicted octanol–water partition coefficient (Wildman–Crippen LogP) is 2.76. The molecule has 0 amide bonds. The molecule has 1 heterocycles. The normalized spacial score (nSPS) is 15.4. The first-order chi connectivity index (χ1) is 11.0. The van der Waals surface area contributed by atoms with E-state index in [-0.39, 0.29) is 17.0 Å². The number of aliphatic imine (C=N–C) groups is 1. The number of ether oxygens (including phenoxy) is 1. The molecule has 0 bridgehead atoms. The largest absolute Gasteiger partial charge is 0.507 e. The Hall–Kier alpha value is -3.41. The highest BCUT2D eigenvalue weighted by atomic mass is 16.5. The lowest BCUT2D eigenvalue weighted by atomic mass is 10.1. The fourth-order valence-electron chi connectivity index (χ4n) is 2.10. The molecule has 114 valence electrons. The van der Waals surface area contributed by atoms with Crippen molar-refractivity contribution in [2.75, 3.05) is 0 Å². The summed E-state index contributed by atoms with van der Waals surface area (Å²) in [6.07, 6.45) is 1.50. The summed E-state index contributed by atoms with van der Waals surface area (Å²) in [5.74, 6) is -1.88. The van der Waals surface area contributed by atoms with Gasteiger partial charge in [0.1, 0.15) is 17.1 Å². The maximum absolute atomic E-state index is 11.9. The number of carboxylic acids is 1. The fraction of sp³-hybridized carbons (Fsp3) is 0. The van der Waals surface area contributed by atoms with E-state index < -0.39 is 17.7 Å². The van der Waals surface area contributed by atoms with Gasteiger partial charge >= 0.3 is 11.9 Å². The van der Waals surface area contributed by atoms with Gasteiger partial charge in [-0.05, 0) is 12.1 Å². The molecule has 6 nitrogen and oxygen atoms in total. The number of aromatic carboxylic acids is 1. The summed E-state index contributed by atoms with van der Waals surface area (Å²) in [4.78, 5) is 26.8. The van der Waals surface area contributed by atoms with Crippen molar-refractivity contribution in [2.45, 2.75) is 0 Å². The van der Waals surface area contributed by atoms with Gasteiger partial charge in [0, 0.05) is 17.7 Å². The summed E-state index contributed by atoms with van der Waals surface area (Å²) < 4.78 is 5.16. The first kappa shape index (κ1) is 14.5. The number of aromatic hydroxyl groups is 1. The van der Waals surface area contributed by atoms with Crippen molar-refractivity contribution in [1.29, 1.82) is 0 Å². The summed E-state index contributed by atoms with van der Waals surface area (Å²) in [6.45, 7) is 0. The van der Waals surface area contributed by atoms with E-state index in [1.54, 1.807) is 12.1 Å². The van der Waals surface area contributed by atoms with Crippen molar-refractivity contribution in [3.8, 4) is 5.75 Å². The van der Waals surface area contributed by atoms with Crippen molar-refractivity contribution in [2.24, 2.45) is 4.99 Å². The van der Waals surface area contributed by atoms with Gasteiger partial charge in [-0.3, -0.25) is 0 Å². The molecular formula is C17H11NO5. The molecule has 1 aliphatic rings. The number of benzene rings is 2. The highest BCUT2D eigenvalue weighted by Gasteiger charge is 2.23. The number of nitrogens with zero attached hydrogens (tertiary/aromatic N) is 1. The smallest absolute Gasteiger partial charge is 0.362 e. The van der Waals surface area contributed by atoms with Gasteiger partial charge in [0.15, 0.2) is 5.71 Å². The first-order valence-electron chi connectivity index (χ1n) is 6.69. The monoisotopic (exact) mass is 309 g/mol. The van der Waals surface area contributed by atoms with E-state index in [0.717, 1.165) is 5.56 Å². The highest BCUT2D eigenvalue weighted by Crippen LogP contribution is 2.27. The van der Waals surface area contributed by atoms with Gasteiger partial charge in [-0.2, -0.15) is 0 Å². The van der Waals surface area contributed by atoms with Crippen molar-refractivity contribution in [3.63, 3.8) is 0 Å². The Bertz CT molecular complexity index is 853. The number of hydrogen-bond acceptors (Lipinski definition) is 5. The van der Waals surface area contributed by atoms with E-state index in [1.807, 2.05) is 18.2 Å². The van der Waals surface area contributed by atoms with Crippen LogP contribution in [0.25, 0.3) is 5.76 Å². The second-order valence-electron chi connectivity index (χ2n) is 4.77. The van der Waals surface area contributed by atoms with E-state index in [9.17, 15) is 14.7 Å². The average molecular weight is 309 g/mol. The van der Waals surface area contributed by atoms with E-state index >= 15 is 0 Å². The number of rotatable bonds is 3. The van der Waals surface area contributed by atoms with Crippen LogP contribution in [-0.4, -0.2) is 27.9 Å². The Kier molecular flexibility index (Phi) is 3.64. The molecule has 0 unspecified atom stereocenters. The van der Waals surface area contributed by atoms with Crippen molar-refractivity contribution >= 4 is 29.1 Å². The summed E-state index contributed by atoms with van der Waals surface area (Å²) in [5, 5.41) is 18.5. The zero-order chi connectivity index (χ0) is 16.4. The zero-order valence-corrected chi connectivity index (χ0v) is 11.8. The Balaban J connectivity index is 1.93. The molecule has 0 saturated carbocycles. The SMILES string of the molecule is O=C1OC(c2ccccc2)=CC1=Nc1ccc(C(=O)O)c(O)c1. The van der Waals surface area contributed by atoms with E-state index in [4.69, 9.17) is 9.84 Å². The maximum atomic E-state index is 11.9. The lowest BCUT2D eigenvalue weighted by Gasteiger charge is -2.01. The van der Waals surface area contributed by atoms with Crippen molar-refractivity contribution in [3.05, 3.63) is 65.7 Å². The third-order valence-corrected chi connectivity index (χ3v) is 3.20. The summed E-state index contributed by atoms with van der Waals surface area (Å²) in [7, 11) is 0. The van der Waals surface area contributed by atoms with Gasteiger partial charge in [0.25, 0.3) is 0 Å². The molecule has 0 aromatic heterocycles. The molecule has 2 aromatic rings. The Morgan fingerprint density at radius 3 is 2.48 bits per heavy atom. The Morgan fingerprint density at radius 1 is 1.09 bits per heavy atom. The Morgan fingerprint density at radius 2 is 1.83 bits per heavy atom. The van der Waals surface area contributed by atoms with Crippen LogP contribution in [0.3, 0.4) is 0 Å². The fourth-order valence-corrected chi connectivity index (χ4v) is 2.10. The van der Waals surface area contributed by atoms with Crippen LogP contribution in [0, 0.1) is 0 Å². The van der Waals surface area contributed by atoms with Gasteiger partial charge in [-0.1, -0.05) is 30.3 Å². The summed E-state index contributed by atoms with van der Waals surface area (Å²) in [5.41, 5.74) is 0.843. The average Bonchev–Trinajstić information content (AvgIpc) is 2.89. The van der Waals surface area contributed by atoms with Crippen LogP contribution in [0.1, 0.15) is 15.9 Å². The molecule has 1 aliphatic heterocycles. The number of carboxylic acid groups (broad SMARTS) is 1. The molecule has 0 saturated heterocycles. The molecule has 6 heteroatoms. The minimum absolute atomic E-state index is 0.0753. The molecule has 23 heavy (non-hydrogen) atoms. The van der Waals surface area contributed by atoms with Crippen molar-refractivity contribution < 1.29 is 24.5 Å². The highest BCUT2D eigenvalue weighted by molar-refractivity contribution is 6.46. The standard InChI is InChI=1S/C17H11NO5/c19-14-8-11(6-7-12(14)16(20)21)18-13-9-15(23-17(13)22)10-4-2-1-3-5-10/h1-9,19H,(H,20,21). The first-order valence-corrected chi connectivity index (χ1v) is 6.69. The minimum atomic E-state index is -1.24. The summed E-state index contributed by atoms with van der Waals surface area (Å²) in [6, 6.07) is 12.9. The minimum Gasteiger partial charge on any atom is -0.507 e. The molecule has 2 N–H and O–H groups in total. The van der Waals surface area contributed by atoms with Gasteiger partial charge in [0.2, 0.25) is 0 Å². The summed E-state index contributed by atoms with van der Waals surface area (Å²) >= 11 is 0. The van der Waals surface area contributed by atoms with E-state index in [2.05, 4.69) is 4.99 Å². The quantitative estimate of drug-likeness (QED) is 0.850. The third kappa shape index (κ3) is 2.96. The zero-order valence-electron chi connectivity index (χ0n) is 11.8. The number of carbonyl (C=O) groups excluding carboxylic acids is 1. The van der Waals surface area contributed by atoms with E-state index in [0.29, 0.717) is 5.76 Å². The third-order valence-electron chi connectivity index (χ3n) is 3.20. The molecule has 0 fully saturated rings. The number of carbonyl (C=O) groups is 2. The van der Waals surface area contributed by atoms with Crippen LogP contribution < -0.4 is 0 Å².